The molecule has 2 aliphatic rings. The molecule has 0 aromatic carbocycles. The van der Waals surface area contributed by atoms with Gasteiger partial charge >= 0.3 is 0 Å². The van der Waals surface area contributed by atoms with Gasteiger partial charge in [0.2, 0.25) is 0 Å². The Labute approximate surface area is 125 Å². The minimum Gasteiger partial charge on any atom is -0.378 e. The van der Waals surface area contributed by atoms with E-state index >= 15 is 0 Å². The smallest absolute Gasteiger partial charge is 0.0590 e. The SMILES string of the molecule is CCCC1CC(N(CCC)CC2CCCCN2)CCO1. The van der Waals surface area contributed by atoms with Crippen LogP contribution >= 0.6 is 0 Å². The maximum Gasteiger partial charge on any atom is 0.0590 e. The Morgan fingerprint density at radius 2 is 2.05 bits per heavy atom. The van der Waals surface area contributed by atoms with Crippen LogP contribution in [-0.4, -0.2) is 49.3 Å². The van der Waals surface area contributed by atoms with Gasteiger partial charge in [-0.3, -0.25) is 4.90 Å². The molecule has 2 rings (SSSR count). The van der Waals surface area contributed by atoms with Crippen LogP contribution in [0, 0.1) is 0 Å². The Morgan fingerprint density at radius 1 is 1.15 bits per heavy atom. The van der Waals surface area contributed by atoms with Crippen molar-refractivity contribution in [2.75, 3.05) is 26.2 Å². The van der Waals surface area contributed by atoms with Gasteiger partial charge in [-0.05, 0) is 51.6 Å². The lowest BCUT2D eigenvalue weighted by atomic mass is 9.97. The van der Waals surface area contributed by atoms with E-state index < -0.39 is 0 Å². The molecule has 3 nitrogen and oxygen atoms in total. The number of ether oxygens (including phenoxy) is 1. The summed E-state index contributed by atoms with van der Waals surface area (Å²) in [6.07, 6.45) is 10.9. The van der Waals surface area contributed by atoms with Crippen molar-refractivity contribution in [1.29, 1.82) is 0 Å². The lowest BCUT2D eigenvalue weighted by Gasteiger charge is -2.40. The highest BCUT2D eigenvalue weighted by molar-refractivity contribution is 4.83. The standard InChI is InChI=1S/C17H34N2O/c1-3-7-17-13-16(9-12-20-17)19(11-4-2)14-15-8-5-6-10-18-15/h15-18H,3-14H2,1-2H3. The fourth-order valence-electron chi connectivity index (χ4n) is 3.79. The number of hydrogen-bond donors (Lipinski definition) is 1. The Kier molecular flexibility index (Phi) is 7.32. The van der Waals surface area contributed by atoms with Gasteiger partial charge in [-0.1, -0.05) is 26.7 Å². The predicted molar refractivity (Wildman–Crippen MR) is 85.2 cm³/mol. The van der Waals surface area contributed by atoms with Crippen molar-refractivity contribution in [1.82, 2.24) is 10.2 Å². The Bertz CT molecular complexity index is 251. The third-order valence-electron chi connectivity index (χ3n) is 4.84. The zero-order valence-corrected chi connectivity index (χ0v) is 13.6. The molecule has 0 radical (unpaired) electrons. The van der Waals surface area contributed by atoms with E-state index in [0.29, 0.717) is 6.10 Å². The normalized spacial score (nSPS) is 31.6. The minimum absolute atomic E-state index is 0.512. The van der Waals surface area contributed by atoms with Gasteiger partial charge in [0.1, 0.15) is 0 Å². The van der Waals surface area contributed by atoms with Crippen molar-refractivity contribution in [2.45, 2.75) is 83.4 Å². The fraction of sp³-hybridized carbons (Fsp3) is 1.00. The Balaban J connectivity index is 1.85. The third-order valence-corrected chi connectivity index (χ3v) is 4.84. The summed E-state index contributed by atoms with van der Waals surface area (Å²) in [6.45, 7) is 9.26. The molecule has 2 fully saturated rings. The summed E-state index contributed by atoms with van der Waals surface area (Å²) in [5.41, 5.74) is 0. The van der Waals surface area contributed by atoms with Crippen molar-refractivity contribution in [3.63, 3.8) is 0 Å². The molecule has 0 spiro atoms. The molecule has 2 aliphatic heterocycles. The molecule has 0 bridgehead atoms. The molecule has 0 aliphatic carbocycles. The summed E-state index contributed by atoms with van der Waals surface area (Å²) >= 11 is 0. The highest BCUT2D eigenvalue weighted by Gasteiger charge is 2.28. The van der Waals surface area contributed by atoms with Crippen molar-refractivity contribution >= 4 is 0 Å². The van der Waals surface area contributed by atoms with Crippen LogP contribution in [0.5, 0.6) is 0 Å². The maximum atomic E-state index is 5.92. The van der Waals surface area contributed by atoms with Gasteiger partial charge in [-0.25, -0.2) is 0 Å². The van der Waals surface area contributed by atoms with Crippen molar-refractivity contribution in [3.8, 4) is 0 Å². The highest BCUT2D eigenvalue weighted by Crippen LogP contribution is 2.23. The molecule has 0 aromatic rings. The second kappa shape index (κ2) is 9.01. The lowest BCUT2D eigenvalue weighted by molar-refractivity contribution is -0.0328. The van der Waals surface area contributed by atoms with Crippen LogP contribution in [-0.2, 0) is 4.74 Å². The molecule has 0 aromatic heterocycles. The summed E-state index contributed by atoms with van der Waals surface area (Å²) in [5.74, 6) is 0. The van der Waals surface area contributed by atoms with Gasteiger partial charge < -0.3 is 10.1 Å². The van der Waals surface area contributed by atoms with E-state index in [1.54, 1.807) is 0 Å². The highest BCUT2D eigenvalue weighted by atomic mass is 16.5. The summed E-state index contributed by atoms with van der Waals surface area (Å²) in [6, 6.07) is 1.48. The van der Waals surface area contributed by atoms with Crippen LogP contribution in [0.4, 0.5) is 0 Å². The molecule has 2 saturated heterocycles. The molecule has 3 unspecified atom stereocenters. The van der Waals surface area contributed by atoms with Crippen LogP contribution in [0.2, 0.25) is 0 Å². The summed E-state index contributed by atoms with van der Waals surface area (Å²) in [7, 11) is 0. The molecule has 2 heterocycles. The van der Waals surface area contributed by atoms with Crippen LogP contribution in [0.3, 0.4) is 0 Å². The van der Waals surface area contributed by atoms with E-state index in [9.17, 15) is 0 Å². The first kappa shape index (κ1) is 16.3. The van der Waals surface area contributed by atoms with Crippen LogP contribution < -0.4 is 5.32 Å². The van der Waals surface area contributed by atoms with Crippen LogP contribution in [0.15, 0.2) is 0 Å². The number of hydrogen-bond acceptors (Lipinski definition) is 3. The first-order chi connectivity index (χ1) is 9.83. The van der Waals surface area contributed by atoms with Crippen molar-refractivity contribution in [3.05, 3.63) is 0 Å². The molecule has 3 atom stereocenters. The summed E-state index contributed by atoms with van der Waals surface area (Å²) in [5, 5.41) is 3.71. The lowest BCUT2D eigenvalue weighted by Crippen LogP contribution is -2.50. The zero-order valence-electron chi connectivity index (χ0n) is 13.6. The minimum atomic E-state index is 0.512. The van der Waals surface area contributed by atoms with Crippen LogP contribution in [0.1, 0.15) is 65.2 Å². The summed E-state index contributed by atoms with van der Waals surface area (Å²) < 4.78 is 5.92. The van der Waals surface area contributed by atoms with E-state index in [1.807, 2.05) is 0 Å². The van der Waals surface area contributed by atoms with Crippen molar-refractivity contribution < 1.29 is 4.74 Å². The van der Waals surface area contributed by atoms with Gasteiger partial charge in [0, 0.05) is 25.2 Å². The molecule has 118 valence electrons. The molecule has 20 heavy (non-hydrogen) atoms. The first-order valence-corrected chi connectivity index (χ1v) is 8.92. The maximum absolute atomic E-state index is 5.92. The second-order valence-electron chi connectivity index (χ2n) is 6.60. The Hall–Kier alpha value is -0.120. The molecule has 0 saturated carbocycles. The van der Waals surface area contributed by atoms with E-state index in [1.165, 1.54) is 71.0 Å². The number of piperidine rings is 1. The monoisotopic (exact) mass is 282 g/mol. The molecule has 1 N–H and O–H groups in total. The van der Waals surface area contributed by atoms with Crippen LogP contribution in [0.25, 0.3) is 0 Å². The number of rotatable bonds is 7. The predicted octanol–water partition coefficient (Wildman–Crippen LogP) is 3.19. The topological polar surface area (TPSA) is 24.5 Å². The molecular weight excluding hydrogens is 248 g/mol. The van der Waals surface area contributed by atoms with Gasteiger partial charge in [0.25, 0.3) is 0 Å². The largest absolute Gasteiger partial charge is 0.378 e. The quantitative estimate of drug-likeness (QED) is 0.776. The molecule has 3 heteroatoms. The van der Waals surface area contributed by atoms with E-state index in [4.69, 9.17) is 4.74 Å². The van der Waals surface area contributed by atoms with E-state index in [0.717, 1.165) is 18.7 Å². The van der Waals surface area contributed by atoms with Gasteiger partial charge in [0.05, 0.1) is 6.10 Å². The first-order valence-electron chi connectivity index (χ1n) is 8.92. The second-order valence-corrected chi connectivity index (χ2v) is 6.60. The molecular formula is C17H34N2O. The zero-order chi connectivity index (χ0) is 14.2. The van der Waals surface area contributed by atoms with Gasteiger partial charge in [-0.2, -0.15) is 0 Å². The summed E-state index contributed by atoms with van der Waals surface area (Å²) in [4.78, 5) is 2.76. The molecule has 0 amide bonds. The average molecular weight is 282 g/mol. The Morgan fingerprint density at radius 3 is 2.75 bits per heavy atom. The fourth-order valence-corrected chi connectivity index (χ4v) is 3.79. The van der Waals surface area contributed by atoms with E-state index in [-0.39, 0.29) is 0 Å². The van der Waals surface area contributed by atoms with E-state index in [2.05, 4.69) is 24.1 Å². The number of nitrogens with zero attached hydrogens (tertiary/aromatic N) is 1. The van der Waals surface area contributed by atoms with Gasteiger partial charge in [-0.15, -0.1) is 0 Å². The average Bonchev–Trinajstić information content (AvgIpc) is 2.49. The van der Waals surface area contributed by atoms with Gasteiger partial charge in [0.15, 0.2) is 0 Å². The third kappa shape index (κ3) is 5.01. The number of nitrogens with one attached hydrogen (secondary N) is 1. The van der Waals surface area contributed by atoms with Crippen molar-refractivity contribution in [2.24, 2.45) is 0 Å².